The van der Waals surface area contributed by atoms with Crippen molar-refractivity contribution in [3.05, 3.63) is 29.8 Å². The van der Waals surface area contributed by atoms with Crippen LogP contribution in [0.3, 0.4) is 0 Å². The molecule has 0 aliphatic rings. The lowest BCUT2D eigenvalue weighted by Gasteiger charge is -1.86. The van der Waals surface area contributed by atoms with Gasteiger partial charge in [-0.3, -0.25) is 4.57 Å². The van der Waals surface area contributed by atoms with Crippen molar-refractivity contribution >= 4 is 13.8 Å². The predicted octanol–water partition coefficient (Wildman–Crippen LogP) is 1.48. The maximum atomic E-state index is 10.2. The van der Waals surface area contributed by atoms with E-state index in [0.717, 1.165) is 0 Å². The number of hydrogen-bond acceptors (Lipinski definition) is 2. The summed E-state index contributed by atoms with van der Waals surface area (Å²) in [4.78, 5) is 0. The molecule has 0 aliphatic heterocycles. The van der Waals surface area contributed by atoms with Crippen LogP contribution in [0.4, 0.5) is 0 Å². The lowest BCUT2D eigenvalue weighted by molar-refractivity contribution is 0.603. The molecule has 10 heavy (non-hydrogen) atoms. The summed E-state index contributed by atoms with van der Waals surface area (Å²) in [6, 6.07) is 8.57. The van der Waals surface area contributed by atoms with Crippen LogP contribution in [0.1, 0.15) is 5.56 Å². The Hall–Kier alpha value is -1.19. The van der Waals surface area contributed by atoms with Crippen LogP contribution in [0.5, 0.6) is 0 Å². The molecule has 48 valence electrons. The van der Waals surface area contributed by atoms with Crippen molar-refractivity contribution in [1.29, 1.82) is 5.26 Å². The van der Waals surface area contributed by atoms with Crippen molar-refractivity contribution in [2.24, 2.45) is 0 Å². The molecule has 0 N–H and O–H groups in total. The Balaban J connectivity index is 3.04. The molecule has 1 aromatic rings. The SMILES string of the molecule is N#Cc1ccc(P=O)cc1. The number of nitrogens with zero attached hydrogens (tertiary/aromatic N) is 1. The van der Waals surface area contributed by atoms with Crippen molar-refractivity contribution < 1.29 is 4.57 Å². The monoisotopic (exact) mass is 149 g/mol. The van der Waals surface area contributed by atoms with E-state index in [1.54, 1.807) is 24.3 Å². The lowest BCUT2D eigenvalue weighted by Crippen LogP contribution is -1.88. The van der Waals surface area contributed by atoms with Gasteiger partial charge in [-0.1, -0.05) is 0 Å². The van der Waals surface area contributed by atoms with Gasteiger partial charge in [-0.15, -0.1) is 0 Å². The summed E-state index contributed by atoms with van der Waals surface area (Å²) in [6.45, 7) is 0. The van der Waals surface area contributed by atoms with Crippen LogP contribution >= 0.6 is 8.46 Å². The summed E-state index contributed by atoms with van der Waals surface area (Å²) in [5, 5.41) is 9.06. The smallest absolute Gasteiger partial charge is 0.192 e. The van der Waals surface area contributed by atoms with Crippen LogP contribution in [-0.2, 0) is 4.57 Å². The number of nitriles is 1. The number of hydrogen-bond donors (Lipinski definition) is 0. The summed E-state index contributed by atoms with van der Waals surface area (Å²) in [7, 11) is -0.00151. The zero-order valence-electron chi connectivity index (χ0n) is 5.11. The minimum absolute atomic E-state index is 0.00151. The number of benzene rings is 1. The molecule has 2 nitrogen and oxygen atoms in total. The second-order valence-electron chi connectivity index (χ2n) is 1.75. The van der Waals surface area contributed by atoms with Crippen LogP contribution in [0.25, 0.3) is 0 Å². The van der Waals surface area contributed by atoms with Gasteiger partial charge in [0.1, 0.15) is 0 Å². The van der Waals surface area contributed by atoms with Gasteiger partial charge in [-0.2, -0.15) is 5.26 Å². The Morgan fingerprint density at radius 1 is 1.30 bits per heavy atom. The van der Waals surface area contributed by atoms with Crippen LogP contribution in [0.15, 0.2) is 24.3 Å². The summed E-state index contributed by atoms with van der Waals surface area (Å²) < 4.78 is 10.2. The van der Waals surface area contributed by atoms with Gasteiger partial charge in [0.05, 0.1) is 11.6 Å². The van der Waals surface area contributed by atoms with Gasteiger partial charge >= 0.3 is 0 Å². The standard InChI is InChI=1S/C7H4NOP/c8-5-6-1-3-7(10-9)4-2-6/h1-4H. The Morgan fingerprint density at radius 3 is 2.30 bits per heavy atom. The molecule has 0 heterocycles. The summed E-state index contributed by atoms with van der Waals surface area (Å²) >= 11 is 0. The van der Waals surface area contributed by atoms with E-state index in [0.29, 0.717) is 10.9 Å². The molecule has 0 bridgehead atoms. The first-order valence-corrected chi connectivity index (χ1v) is 3.51. The van der Waals surface area contributed by atoms with E-state index in [1.807, 2.05) is 6.07 Å². The fraction of sp³-hybridized carbons (Fsp3) is 0. The summed E-state index contributed by atoms with van der Waals surface area (Å²) in [5.74, 6) is 0. The van der Waals surface area contributed by atoms with Gasteiger partial charge in [0.2, 0.25) is 0 Å². The van der Waals surface area contributed by atoms with Crippen molar-refractivity contribution in [2.45, 2.75) is 0 Å². The second-order valence-corrected chi connectivity index (χ2v) is 2.45. The van der Waals surface area contributed by atoms with Crippen molar-refractivity contribution in [1.82, 2.24) is 0 Å². The molecule has 1 aromatic carbocycles. The molecule has 3 heteroatoms. The van der Waals surface area contributed by atoms with Gasteiger partial charge in [0.15, 0.2) is 8.46 Å². The molecule has 1 rings (SSSR count). The third-order valence-electron chi connectivity index (χ3n) is 1.10. The van der Waals surface area contributed by atoms with E-state index in [-0.39, 0.29) is 8.46 Å². The minimum Gasteiger partial charge on any atom is -0.269 e. The molecule has 0 unspecified atom stereocenters. The third-order valence-corrected chi connectivity index (χ3v) is 1.61. The highest BCUT2D eigenvalue weighted by atomic mass is 31.1. The van der Waals surface area contributed by atoms with Gasteiger partial charge in [-0.25, -0.2) is 0 Å². The predicted molar refractivity (Wildman–Crippen MR) is 38.4 cm³/mol. The molecular formula is C7H4NOP. The van der Waals surface area contributed by atoms with Crippen LogP contribution in [0.2, 0.25) is 0 Å². The molecule has 0 saturated carbocycles. The maximum absolute atomic E-state index is 10.2. The third kappa shape index (κ3) is 1.40. The fourth-order valence-electron chi connectivity index (χ4n) is 0.597. The largest absolute Gasteiger partial charge is 0.269 e. The van der Waals surface area contributed by atoms with E-state index >= 15 is 0 Å². The van der Waals surface area contributed by atoms with Gasteiger partial charge in [0, 0.05) is 5.30 Å². The molecule has 0 aromatic heterocycles. The Morgan fingerprint density at radius 2 is 1.90 bits per heavy atom. The Kier molecular flexibility index (Phi) is 2.15. The molecule has 0 spiro atoms. The van der Waals surface area contributed by atoms with E-state index in [4.69, 9.17) is 5.26 Å². The Labute approximate surface area is 60.3 Å². The quantitative estimate of drug-likeness (QED) is 0.567. The van der Waals surface area contributed by atoms with Gasteiger partial charge in [0.25, 0.3) is 0 Å². The average molecular weight is 149 g/mol. The van der Waals surface area contributed by atoms with Crippen molar-refractivity contribution in [3.8, 4) is 6.07 Å². The maximum Gasteiger partial charge on any atom is 0.192 e. The molecule has 0 saturated heterocycles. The second kappa shape index (κ2) is 3.10. The molecule has 0 aliphatic carbocycles. The van der Waals surface area contributed by atoms with Gasteiger partial charge < -0.3 is 0 Å². The average Bonchev–Trinajstić information content (AvgIpc) is 2.05. The summed E-state index contributed by atoms with van der Waals surface area (Å²) in [6.07, 6.45) is 0. The highest BCUT2D eigenvalue weighted by Crippen LogP contribution is 1.98. The van der Waals surface area contributed by atoms with Gasteiger partial charge in [-0.05, 0) is 24.3 Å². The first-order valence-electron chi connectivity index (χ1n) is 2.70. The van der Waals surface area contributed by atoms with Crippen LogP contribution in [0, 0.1) is 11.3 Å². The summed E-state index contributed by atoms with van der Waals surface area (Å²) in [5.41, 5.74) is 0.590. The van der Waals surface area contributed by atoms with Crippen molar-refractivity contribution in [2.75, 3.05) is 0 Å². The molecular weight excluding hydrogens is 145 g/mol. The van der Waals surface area contributed by atoms with Crippen LogP contribution in [-0.4, -0.2) is 0 Å². The first kappa shape index (κ1) is 6.92. The topological polar surface area (TPSA) is 40.9 Å². The molecule has 0 radical (unpaired) electrons. The number of rotatable bonds is 1. The van der Waals surface area contributed by atoms with E-state index in [2.05, 4.69) is 0 Å². The lowest BCUT2D eigenvalue weighted by atomic mass is 10.2. The highest BCUT2D eigenvalue weighted by Gasteiger charge is 1.89. The zero-order chi connectivity index (χ0) is 7.40. The fourth-order valence-corrected chi connectivity index (χ4v) is 0.868. The normalized spacial score (nSPS) is 9.10. The Bertz CT molecular complexity index is 273. The van der Waals surface area contributed by atoms with Crippen LogP contribution < -0.4 is 5.30 Å². The minimum atomic E-state index is -0.00151. The van der Waals surface area contributed by atoms with Crippen molar-refractivity contribution in [3.63, 3.8) is 0 Å². The van der Waals surface area contributed by atoms with E-state index < -0.39 is 0 Å². The van der Waals surface area contributed by atoms with E-state index in [1.165, 1.54) is 0 Å². The molecule has 0 amide bonds. The zero-order valence-corrected chi connectivity index (χ0v) is 6.01. The first-order chi connectivity index (χ1) is 4.86. The van der Waals surface area contributed by atoms with E-state index in [9.17, 15) is 4.57 Å². The highest BCUT2D eigenvalue weighted by molar-refractivity contribution is 7.34. The molecule has 0 atom stereocenters. The molecule has 0 fully saturated rings.